The molecule has 0 fully saturated rings. The van der Waals surface area contributed by atoms with Gasteiger partial charge in [-0.1, -0.05) is 11.6 Å². The monoisotopic (exact) mass is 323 g/mol. The summed E-state index contributed by atoms with van der Waals surface area (Å²) in [5.41, 5.74) is 6.66. The average molecular weight is 324 g/mol. The van der Waals surface area contributed by atoms with Crippen molar-refractivity contribution in [3.05, 3.63) is 53.6 Å². The van der Waals surface area contributed by atoms with Gasteiger partial charge >= 0.3 is 6.03 Å². The van der Waals surface area contributed by atoms with Crippen LogP contribution in [-0.4, -0.2) is 16.5 Å². The molecule has 2 rings (SSSR count). The van der Waals surface area contributed by atoms with E-state index in [9.17, 15) is 9.00 Å². The molecule has 1 atom stereocenters. The minimum atomic E-state index is -2.82. The maximum atomic E-state index is 12.5. The number of halogens is 1. The molecule has 0 saturated carbocycles. The smallest absolute Gasteiger partial charge is 0.353 e. The zero-order chi connectivity index (χ0) is 15.5. The highest BCUT2D eigenvalue weighted by atomic mass is 35.5. The van der Waals surface area contributed by atoms with E-state index in [1.807, 2.05) is 0 Å². The first kappa shape index (κ1) is 15.3. The molecule has 0 heterocycles. The van der Waals surface area contributed by atoms with Gasteiger partial charge in [-0.15, -0.1) is 4.36 Å². The van der Waals surface area contributed by atoms with E-state index in [0.29, 0.717) is 21.3 Å². The van der Waals surface area contributed by atoms with E-state index in [2.05, 4.69) is 9.68 Å². The second-order valence-electron chi connectivity index (χ2n) is 4.40. The quantitative estimate of drug-likeness (QED) is 0.828. The molecule has 110 valence electrons. The number of nitrogens with two attached hydrogens (primary N) is 1. The van der Waals surface area contributed by atoms with E-state index in [1.54, 1.807) is 48.5 Å². The molecular weight excluding hydrogens is 310 g/mol. The summed E-state index contributed by atoms with van der Waals surface area (Å²) in [6.45, 7) is 0. The number of hydrogen-bond donors (Lipinski definition) is 2. The van der Waals surface area contributed by atoms with Crippen molar-refractivity contribution in [2.75, 3.05) is 17.3 Å². The summed E-state index contributed by atoms with van der Waals surface area (Å²) < 4.78 is 16.2. The van der Waals surface area contributed by atoms with Gasteiger partial charge in [-0.2, -0.15) is 0 Å². The number of urea groups is 1. The normalized spacial score (nSPS) is 13.2. The Bertz CT molecular complexity index is 764. The van der Waals surface area contributed by atoms with Crippen LogP contribution in [0, 0.1) is 0 Å². The molecule has 3 N–H and O–H groups in total. The Labute approximate surface area is 128 Å². The Kier molecular flexibility index (Phi) is 4.50. The fourth-order valence-electron chi connectivity index (χ4n) is 1.61. The number of nitrogens with zero attached hydrogens (tertiary/aromatic N) is 1. The SMILES string of the molecule is CS(=O)(=NC(=O)Nc1ccc(Cl)cc1)c1ccc(N)cc1. The van der Waals surface area contributed by atoms with Crippen LogP contribution in [0.2, 0.25) is 5.02 Å². The molecule has 0 aliphatic heterocycles. The summed E-state index contributed by atoms with van der Waals surface area (Å²) in [6, 6.07) is 12.3. The molecule has 0 aliphatic carbocycles. The van der Waals surface area contributed by atoms with Crippen molar-refractivity contribution in [2.24, 2.45) is 4.36 Å². The predicted molar refractivity (Wildman–Crippen MR) is 86.1 cm³/mol. The highest BCUT2D eigenvalue weighted by Crippen LogP contribution is 2.16. The summed E-state index contributed by atoms with van der Waals surface area (Å²) in [5.74, 6) is 0. The molecule has 0 saturated heterocycles. The third-order valence-corrected chi connectivity index (χ3v) is 4.58. The van der Waals surface area contributed by atoms with E-state index in [-0.39, 0.29) is 0 Å². The lowest BCUT2D eigenvalue weighted by molar-refractivity contribution is 0.260. The molecule has 0 spiro atoms. The van der Waals surface area contributed by atoms with Gasteiger partial charge in [0.15, 0.2) is 0 Å². The van der Waals surface area contributed by atoms with Crippen molar-refractivity contribution in [3.63, 3.8) is 0 Å². The molecule has 0 aromatic heterocycles. The Morgan fingerprint density at radius 3 is 2.29 bits per heavy atom. The first-order valence-electron chi connectivity index (χ1n) is 6.01. The second kappa shape index (κ2) is 6.15. The lowest BCUT2D eigenvalue weighted by Crippen LogP contribution is -2.10. The molecule has 2 aromatic rings. The lowest BCUT2D eigenvalue weighted by Gasteiger charge is -2.06. The number of carbonyl (C=O) groups is 1. The number of anilines is 2. The fraction of sp³-hybridized carbons (Fsp3) is 0.0714. The maximum absolute atomic E-state index is 12.5. The van der Waals surface area contributed by atoms with Crippen LogP contribution in [0.1, 0.15) is 0 Å². The second-order valence-corrected chi connectivity index (χ2v) is 7.10. The molecule has 0 aliphatic rings. The molecule has 5 nitrogen and oxygen atoms in total. The van der Waals surface area contributed by atoms with Crippen LogP contribution in [0.3, 0.4) is 0 Å². The number of nitrogen functional groups attached to an aromatic ring is 1. The van der Waals surface area contributed by atoms with Crippen LogP contribution in [0.15, 0.2) is 57.8 Å². The van der Waals surface area contributed by atoms with Crippen LogP contribution in [0.5, 0.6) is 0 Å². The Morgan fingerprint density at radius 1 is 1.14 bits per heavy atom. The van der Waals surface area contributed by atoms with Gasteiger partial charge in [-0.05, 0) is 48.5 Å². The van der Waals surface area contributed by atoms with Gasteiger partial charge in [0.25, 0.3) is 0 Å². The maximum Gasteiger partial charge on any atom is 0.353 e. The van der Waals surface area contributed by atoms with Crippen LogP contribution in [0.25, 0.3) is 0 Å². The third kappa shape index (κ3) is 4.21. The number of rotatable bonds is 2. The van der Waals surface area contributed by atoms with Crippen molar-refractivity contribution in [2.45, 2.75) is 4.90 Å². The van der Waals surface area contributed by atoms with Crippen LogP contribution in [-0.2, 0) is 9.73 Å². The van der Waals surface area contributed by atoms with Crippen molar-refractivity contribution < 1.29 is 9.00 Å². The topological polar surface area (TPSA) is 84.5 Å². The lowest BCUT2D eigenvalue weighted by atomic mass is 10.3. The van der Waals surface area contributed by atoms with E-state index in [0.717, 1.165) is 0 Å². The van der Waals surface area contributed by atoms with Crippen molar-refractivity contribution in [3.8, 4) is 0 Å². The van der Waals surface area contributed by atoms with Gasteiger partial charge in [0, 0.05) is 27.5 Å². The van der Waals surface area contributed by atoms with Gasteiger partial charge in [0.2, 0.25) is 0 Å². The standard InChI is InChI=1S/C14H14ClN3O2S/c1-21(20,13-8-4-11(16)5-9-13)18-14(19)17-12-6-2-10(15)3-7-12/h2-9H,16H2,1H3,(H,17,19). The third-order valence-electron chi connectivity index (χ3n) is 2.67. The van der Waals surface area contributed by atoms with Crippen LogP contribution < -0.4 is 11.1 Å². The highest BCUT2D eigenvalue weighted by Gasteiger charge is 2.09. The largest absolute Gasteiger partial charge is 0.399 e. The molecule has 0 bridgehead atoms. The number of hydrogen-bond acceptors (Lipinski definition) is 3. The number of nitrogens with one attached hydrogen (secondary N) is 1. The van der Waals surface area contributed by atoms with E-state index >= 15 is 0 Å². The zero-order valence-corrected chi connectivity index (χ0v) is 12.8. The van der Waals surface area contributed by atoms with Gasteiger partial charge in [-0.25, -0.2) is 9.00 Å². The predicted octanol–water partition coefficient (Wildman–Crippen LogP) is 3.61. The van der Waals surface area contributed by atoms with Crippen molar-refractivity contribution in [1.29, 1.82) is 0 Å². The van der Waals surface area contributed by atoms with Crippen LogP contribution in [0.4, 0.5) is 16.2 Å². The summed E-state index contributed by atoms with van der Waals surface area (Å²) in [6.07, 6.45) is 1.40. The molecule has 1 unspecified atom stereocenters. The number of benzene rings is 2. The van der Waals surface area contributed by atoms with E-state index in [1.165, 1.54) is 6.26 Å². The first-order chi connectivity index (χ1) is 9.87. The Balaban J connectivity index is 2.21. The Hall–Kier alpha value is -2.05. The van der Waals surface area contributed by atoms with Gasteiger partial charge in [0.05, 0.1) is 9.73 Å². The fourth-order valence-corrected chi connectivity index (χ4v) is 2.85. The van der Waals surface area contributed by atoms with E-state index in [4.69, 9.17) is 17.3 Å². The molecule has 7 heteroatoms. The van der Waals surface area contributed by atoms with Crippen LogP contribution >= 0.6 is 11.6 Å². The average Bonchev–Trinajstić information content (AvgIpc) is 2.41. The summed E-state index contributed by atoms with van der Waals surface area (Å²) in [5, 5.41) is 3.10. The van der Waals surface area contributed by atoms with Crippen molar-refractivity contribution in [1.82, 2.24) is 0 Å². The Morgan fingerprint density at radius 2 is 1.71 bits per heavy atom. The molecular formula is C14H14ClN3O2S. The highest BCUT2D eigenvalue weighted by molar-refractivity contribution is 7.93. The van der Waals surface area contributed by atoms with Gasteiger partial charge in [0.1, 0.15) is 0 Å². The molecule has 0 radical (unpaired) electrons. The number of amides is 2. The van der Waals surface area contributed by atoms with Gasteiger partial charge in [-0.3, -0.25) is 0 Å². The van der Waals surface area contributed by atoms with E-state index < -0.39 is 15.8 Å². The summed E-state index contributed by atoms with van der Waals surface area (Å²) >= 11 is 5.76. The molecule has 2 amide bonds. The number of carbonyl (C=O) groups excluding carboxylic acids is 1. The minimum absolute atomic E-state index is 0.447. The molecule has 21 heavy (non-hydrogen) atoms. The zero-order valence-electron chi connectivity index (χ0n) is 11.2. The summed E-state index contributed by atoms with van der Waals surface area (Å²) in [7, 11) is -2.82. The first-order valence-corrected chi connectivity index (χ1v) is 8.31. The summed E-state index contributed by atoms with van der Waals surface area (Å²) in [4.78, 5) is 12.3. The minimum Gasteiger partial charge on any atom is -0.399 e. The van der Waals surface area contributed by atoms with Crippen molar-refractivity contribution >= 4 is 38.7 Å². The molecule has 2 aromatic carbocycles. The van der Waals surface area contributed by atoms with Gasteiger partial charge < -0.3 is 11.1 Å².